The number of rotatable bonds is 5. The maximum Gasteiger partial charge on any atom is 0.254 e. The monoisotopic (exact) mass is 330 g/mol. The molecular formula is C18H16ClFN2O. The van der Waals surface area contributed by atoms with Crippen LogP contribution in [-0.4, -0.2) is 17.0 Å². The summed E-state index contributed by atoms with van der Waals surface area (Å²) in [5.41, 5.74) is 1.14. The molecule has 0 aliphatic heterocycles. The van der Waals surface area contributed by atoms with Crippen LogP contribution >= 0.6 is 11.6 Å². The number of nitrogens with one attached hydrogen (secondary N) is 1. The summed E-state index contributed by atoms with van der Waals surface area (Å²) in [5.74, 6) is -1.01. The van der Waals surface area contributed by atoms with Gasteiger partial charge in [-0.2, -0.15) is 0 Å². The Kier molecular flexibility index (Phi) is 4.63. The van der Waals surface area contributed by atoms with E-state index in [1.807, 2.05) is 18.3 Å². The van der Waals surface area contributed by atoms with Gasteiger partial charge >= 0.3 is 0 Å². The van der Waals surface area contributed by atoms with Crippen molar-refractivity contribution in [2.24, 2.45) is 0 Å². The van der Waals surface area contributed by atoms with Gasteiger partial charge in [0.05, 0.1) is 5.56 Å². The summed E-state index contributed by atoms with van der Waals surface area (Å²) in [6.45, 7) is 1.25. The molecule has 0 spiro atoms. The quantitative estimate of drug-likeness (QED) is 0.697. The topological polar surface area (TPSA) is 34.0 Å². The SMILES string of the molecule is O=C(NCCCn1ccc2ccccc21)c1cc(Cl)ccc1F. The van der Waals surface area contributed by atoms with Crippen molar-refractivity contribution in [2.45, 2.75) is 13.0 Å². The van der Waals surface area contributed by atoms with E-state index in [4.69, 9.17) is 11.6 Å². The van der Waals surface area contributed by atoms with Gasteiger partial charge < -0.3 is 9.88 Å². The van der Waals surface area contributed by atoms with Crippen LogP contribution in [0.1, 0.15) is 16.8 Å². The Morgan fingerprint density at radius 2 is 2.00 bits per heavy atom. The molecule has 0 unspecified atom stereocenters. The molecule has 1 aromatic heterocycles. The van der Waals surface area contributed by atoms with Crippen LogP contribution in [0.4, 0.5) is 4.39 Å². The lowest BCUT2D eigenvalue weighted by atomic mass is 10.2. The number of fused-ring (bicyclic) bond motifs is 1. The molecule has 0 saturated carbocycles. The van der Waals surface area contributed by atoms with Gasteiger partial charge in [0.25, 0.3) is 5.91 Å². The molecule has 0 aliphatic carbocycles. The van der Waals surface area contributed by atoms with Gasteiger partial charge in [0, 0.05) is 29.8 Å². The minimum absolute atomic E-state index is 0.0242. The summed E-state index contributed by atoms with van der Waals surface area (Å²) in [6, 6.07) is 14.2. The number of aryl methyl sites for hydroxylation is 1. The van der Waals surface area contributed by atoms with Crippen LogP contribution in [0.15, 0.2) is 54.7 Å². The first-order valence-corrected chi connectivity index (χ1v) is 7.80. The van der Waals surface area contributed by atoms with Crippen molar-refractivity contribution in [1.29, 1.82) is 0 Å². The van der Waals surface area contributed by atoms with Crippen LogP contribution in [0.2, 0.25) is 5.02 Å². The molecule has 0 radical (unpaired) electrons. The number of carbonyl (C=O) groups is 1. The molecule has 3 nitrogen and oxygen atoms in total. The summed E-state index contributed by atoms with van der Waals surface area (Å²) >= 11 is 5.80. The van der Waals surface area contributed by atoms with Crippen LogP contribution in [0.5, 0.6) is 0 Å². The highest BCUT2D eigenvalue weighted by Gasteiger charge is 2.11. The zero-order valence-electron chi connectivity index (χ0n) is 12.4. The van der Waals surface area contributed by atoms with Gasteiger partial charge in [0.1, 0.15) is 5.82 Å². The van der Waals surface area contributed by atoms with E-state index in [1.165, 1.54) is 29.1 Å². The van der Waals surface area contributed by atoms with Crippen LogP contribution in [-0.2, 0) is 6.54 Å². The number of para-hydroxylation sites is 1. The highest BCUT2D eigenvalue weighted by Crippen LogP contribution is 2.16. The highest BCUT2D eigenvalue weighted by atomic mass is 35.5. The Morgan fingerprint density at radius 1 is 1.17 bits per heavy atom. The fourth-order valence-electron chi connectivity index (χ4n) is 2.55. The molecule has 3 aromatic rings. The molecule has 0 fully saturated rings. The van der Waals surface area contributed by atoms with Gasteiger partial charge in [-0.05, 0) is 42.1 Å². The van der Waals surface area contributed by atoms with E-state index >= 15 is 0 Å². The highest BCUT2D eigenvalue weighted by molar-refractivity contribution is 6.31. The van der Waals surface area contributed by atoms with Crippen LogP contribution in [0, 0.1) is 5.82 Å². The van der Waals surface area contributed by atoms with Crippen molar-refractivity contribution >= 4 is 28.4 Å². The summed E-state index contributed by atoms with van der Waals surface area (Å²) in [7, 11) is 0. The predicted octanol–water partition coefficient (Wildman–Crippen LogP) is 4.25. The van der Waals surface area contributed by atoms with Crippen molar-refractivity contribution in [1.82, 2.24) is 9.88 Å². The van der Waals surface area contributed by atoms with E-state index in [2.05, 4.69) is 28.1 Å². The molecule has 0 bridgehead atoms. The average molecular weight is 331 g/mol. The van der Waals surface area contributed by atoms with Gasteiger partial charge in [-0.3, -0.25) is 4.79 Å². The minimum Gasteiger partial charge on any atom is -0.352 e. The third-order valence-electron chi connectivity index (χ3n) is 3.71. The second-order valence-electron chi connectivity index (χ2n) is 5.30. The Balaban J connectivity index is 1.55. The average Bonchev–Trinajstić information content (AvgIpc) is 2.97. The molecule has 5 heteroatoms. The van der Waals surface area contributed by atoms with Crippen molar-refractivity contribution in [3.8, 4) is 0 Å². The minimum atomic E-state index is -0.566. The molecule has 0 saturated heterocycles. The number of hydrogen-bond donors (Lipinski definition) is 1. The summed E-state index contributed by atoms with van der Waals surface area (Å²) in [4.78, 5) is 12.0. The van der Waals surface area contributed by atoms with E-state index in [1.54, 1.807) is 0 Å². The van der Waals surface area contributed by atoms with Gasteiger partial charge in [-0.1, -0.05) is 29.8 Å². The van der Waals surface area contributed by atoms with Crippen LogP contribution in [0.25, 0.3) is 10.9 Å². The Labute approximate surface area is 138 Å². The number of aromatic nitrogens is 1. The van der Waals surface area contributed by atoms with Crippen molar-refractivity contribution in [3.63, 3.8) is 0 Å². The first-order chi connectivity index (χ1) is 11.1. The lowest BCUT2D eigenvalue weighted by molar-refractivity contribution is 0.0949. The number of halogens is 2. The second-order valence-corrected chi connectivity index (χ2v) is 5.74. The maximum absolute atomic E-state index is 13.6. The van der Waals surface area contributed by atoms with Crippen molar-refractivity contribution in [2.75, 3.05) is 6.54 Å². The number of nitrogens with zero attached hydrogens (tertiary/aromatic N) is 1. The van der Waals surface area contributed by atoms with E-state index in [9.17, 15) is 9.18 Å². The number of benzene rings is 2. The zero-order valence-corrected chi connectivity index (χ0v) is 13.2. The third kappa shape index (κ3) is 3.54. The third-order valence-corrected chi connectivity index (χ3v) is 3.95. The van der Waals surface area contributed by atoms with Crippen molar-refractivity contribution in [3.05, 3.63) is 71.1 Å². The molecule has 0 aliphatic rings. The largest absolute Gasteiger partial charge is 0.352 e. The molecule has 1 heterocycles. The van der Waals surface area contributed by atoms with E-state index in [0.717, 1.165) is 13.0 Å². The molecular weight excluding hydrogens is 315 g/mol. The van der Waals surface area contributed by atoms with Gasteiger partial charge in [0.2, 0.25) is 0 Å². The van der Waals surface area contributed by atoms with Gasteiger partial charge in [0.15, 0.2) is 0 Å². The number of carbonyl (C=O) groups excluding carboxylic acids is 1. The predicted molar refractivity (Wildman–Crippen MR) is 90.3 cm³/mol. The standard InChI is InChI=1S/C18H16ClFN2O/c19-14-6-7-16(20)15(12-14)18(23)21-9-3-10-22-11-8-13-4-1-2-5-17(13)22/h1-2,4-8,11-12H,3,9-10H2,(H,21,23). The molecule has 23 heavy (non-hydrogen) atoms. The number of amides is 1. The fourth-order valence-corrected chi connectivity index (χ4v) is 2.73. The van der Waals surface area contributed by atoms with E-state index in [0.29, 0.717) is 11.6 Å². The molecule has 0 atom stereocenters. The van der Waals surface area contributed by atoms with Crippen LogP contribution in [0.3, 0.4) is 0 Å². The van der Waals surface area contributed by atoms with E-state index < -0.39 is 11.7 Å². The van der Waals surface area contributed by atoms with Gasteiger partial charge in [-0.15, -0.1) is 0 Å². The summed E-state index contributed by atoms with van der Waals surface area (Å²) in [6.07, 6.45) is 2.79. The maximum atomic E-state index is 13.6. The van der Waals surface area contributed by atoms with Crippen molar-refractivity contribution < 1.29 is 9.18 Å². The summed E-state index contributed by atoms with van der Waals surface area (Å²) < 4.78 is 15.7. The van der Waals surface area contributed by atoms with E-state index in [-0.39, 0.29) is 5.56 Å². The summed E-state index contributed by atoms with van der Waals surface area (Å²) in [5, 5.41) is 4.26. The lowest BCUT2D eigenvalue weighted by Gasteiger charge is -2.08. The smallest absolute Gasteiger partial charge is 0.254 e. The first-order valence-electron chi connectivity index (χ1n) is 7.42. The van der Waals surface area contributed by atoms with Crippen LogP contribution < -0.4 is 5.32 Å². The Bertz CT molecular complexity index is 844. The second kappa shape index (κ2) is 6.84. The normalized spacial score (nSPS) is 10.9. The Hall–Kier alpha value is -2.33. The molecule has 118 valence electrons. The van der Waals surface area contributed by atoms with Gasteiger partial charge in [-0.25, -0.2) is 4.39 Å². The molecule has 3 rings (SSSR count). The first kappa shape index (κ1) is 15.6. The number of hydrogen-bond acceptors (Lipinski definition) is 1. The Morgan fingerprint density at radius 3 is 2.87 bits per heavy atom. The fraction of sp³-hybridized carbons (Fsp3) is 0.167. The molecule has 1 amide bonds. The lowest BCUT2D eigenvalue weighted by Crippen LogP contribution is -2.26. The molecule has 2 aromatic carbocycles. The zero-order chi connectivity index (χ0) is 16.2. The molecule has 1 N–H and O–H groups in total.